The van der Waals surface area contributed by atoms with Crippen LogP contribution in [-0.4, -0.2) is 39.4 Å². The van der Waals surface area contributed by atoms with E-state index in [9.17, 15) is 0 Å². The van der Waals surface area contributed by atoms with Crippen LogP contribution in [0.25, 0.3) is 0 Å². The van der Waals surface area contributed by atoms with Crippen molar-refractivity contribution >= 4 is 5.69 Å². The third-order valence-electron chi connectivity index (χ3n) is 3.39. The first-order valence-corrected chi connectivity index (χ1v) is 7.03. The van der Waals surface area contributed by atoms with Crippen molar-refractivity contribution in [2.75, 3.05) is 44.3 Å². The van der Waals surface area contributed by atoms with E-state index in [1.807, 2.05) is 6.92 Å². The van der Waals surface area contributed by atoms with Gasteiger partial charge in [0, 0.05) is 38.5 Å². The van der Waals surface area contributed by atoms with Crippen LogP contribution >= 0.6 is 0 Å². The highest BCUT2D eigenvalue weighted by Crippen LogP contribution is 2.26. The van der Waals surface area contributed by atoms with Crippen molar-refractivity contribution in [1.29, 1.82) is 0 Å². The van der Waals surface area contributed by atoms with E-state index in [0.717, 1.165) is 39.3 Å². The van der Waals surface area contributed by atoms with E-state index >= 15 is 0 Å². The monoisotopic (exact) mass is 248 g/mol. The molecule has 1 aliphatic heterocycles. The fraction of sp³-hybridized carbons (Fsp3) is 0.600. The van der Waals surface area contributed by atoms with Gasteiger partial charge in [-0.2, -0.15) is 0 Å². The van der Waals surface area contributed by atoms with Crippen molar-refractivity contribution in [2.24, 2.45) is 0 Å². The van der Waals surface area contributed by atoms with Crippen molar-refractivity contribution in [3.8, 4) is 0 Å². The van der Waals surface area contributed by atoms with Gasteiger partial charge in [0.2, 0.25) is 0 Å². The lowest BCUT2D eigenvalue weighted by molar-refractivity contribution is 0.145. The third kappa shape index (κ3) is 3.72. The van der Waals surface area contributed by atoms with Gasteiger partial charge in [-0.1, -0.05) is 18.2 Å². The summed E-state index contributed by atoms with van der Waals surface area (Å²) in [6, 6.07) is 8.74. The van der Waals surface area contributed by atoms with Crippen molar-refractivity contribution in [1.82, 2.24) is 5.32 Å². The molecule has 2 rings (SSSR count). The number of anilines is 1. The maximum absolute atomic E-state index is 5.31. The molecule has 0 saturated carbocycles. The predicted octanol–water partition coefficient (Wildman–Crippen LogP) is 2.07. The van der Waals surface area contributed by atoms with E-state index in [1.165, 1.54) is 24.2 Å². The maximum atomic E-state index is 5.31. The molecule has 0 aliphatic carbocycles. The fourth-order valence-corrected chi connectivity index (χ4v) is 2.42. The summed E-state index contributed by atoms with van der Waals surface area (Å²) in [5, 5.41) is 3.48. The molecule has 0 amide bonds. The van der Waals surface area contributed by atoms with Gasteiger partial charge in [0.15, 0.2) is 0 Å². The Morgan fingerprint density at radius 3 is 3.06 bits per heavy atom. The Bertz CT molecular complexity index is 354. The minimum Gasteiger partial charge on any atom is -0.382 e. The average Bonchev–Trinajstić information content (AvgIpc) is 2.81. The van der Waals surface area contributed by atoms with Gasteiger partial charge in [-0.25, -0.2) is 0 Å². The summed E-state index contributed by atoms with van der Waals surface area (Å²) in [6.45, 7) is 8.11. The molecule has 0 spiro atoms. The van der Waals surface area contributed by atoms with Crippen LogP contribution < -0.4 is 10.2 Å². The molecule has 0 saturated heterocycles. The zero-order valence-electron chi connectivity index (χ0n) is 11.3. The molecule has 3 heteroatoms. The van der Waals surface area contributed by atoms with Crippen LogP contribution in [0.5, 0.6) is 0 Å². The molecule has 0 aromatic heterocycles. The van der Waals surface area contributed by atoms with Gasteiger partial charge in [0.1, 0.15) is 0 Å². The van der Waals surface area contributed by atoms with E-state index < -0.39 is 0 Å². The van der Waals surface area contributed by atoms with Gasteiger partial charge in [-0.05, 0) is 37.9 Å². The first kappa shape index (κ1) is 13.4. The summed E-state index contributed by atoms with van der Waals surface area (Å²) in [4.78, 5) is 2.48. The largest absolute Gasteiger partial charge is 0.382 e. The van der Waals surface area contributed by atoms with Gasteiger partial charge in [0.05, 0.1) is 0 Å². The van der Waals surface area contributed by atoms with Crippen LogP contribution in [0, 0.1) is 0 Å². The smallest absolute Gasteiger partial charge is 0.0477 e. The summed E-state index contributed by atoms with van der Waals surface area (Å²) in [7, 11) is 0. The summed E-state index contributed by atoms with van der Waals surface area (Å²) < 4.78 is 5.31. The normalized spacial score (nSPS) is 13.9. The zero-order chi connectivity index (χ0) is 12.6. The SMILES string of the molecule is CCOCCCNCCN1CCc2ccccc21. The Morgan fingerprint density at radius 2 is 2.17 bits per heavy atom. The van der Waals surface area contributed by atoms with E-state index in [1.54, 1.807) is 0 Å². The number of benzene rings is 1. The number of nitrogens with one attached hydrogen (secondary N) is 1. The number of para-hydroxylation sites is 1. The minimum absolute atomic E-state index is 0.824. The molecule has 0 bridgehead atoms. The summed E-state index contributed by atoms with van der Waals surface area (Å²) in [5.74, 6) is 0. The Hall–Kier alpha value is -1.06. The zero-order valence-corrected chi connectivity index (χ0v) is 11.3. The summed E-state index contributed by atoms with van der Waals surface area (Å²) >= 11 is 0. The second-order valence-electron chi connectivity index (χ2n) is 4.67. The highest BCUT2D eigenvalue weighted by molar-refractivity contribution is 5.57. The average molecular weight is 248 g/mol. The number of hydrogen-bond acceptors (Lipinski definition) is 3. The highest BCUT2D eigenvalue weighted by atomic mass is 16.5. The van der Waals surface area contributed by atoms with Crippen molar-refractivity contribution in [2.45, 2.75) is 19.8 Å². The topological polar surface area (TPSA) is 24.5 Å². The molecule has 100 valence electrons. The lowest BCUT2D eigenvalue weighted by atomic mass is 10.2. The van der Waals surface area contributed by atoms with Crippen LogP contribution in [0.3, 0.4) is 0 Å². The standard InChI is InChI=1S/C15H24N2O/c1-2-18-13-5-9-16-10-12-17-11-8-14-6-3-4-7-15(14)17/h3-4,6-7,16H,2,5,8-13H2,1H3. The lowest BCUT2D eigenvalue weighted by Crippen LogP contribution is -2.31. The van der Waals surface area contributed by atoms with Gasteiger partial charge < -0.3 is 15.0 Å². The molecule has 0 atom stereocenters. The van der Waals surface area contributed by atoms with Crippen LogP contribution in [0.4, 0.5) is 5.69 Å². The maximum Gasteiger partial charge on any atom is 0.0477 e. The molecular weight excluding hydrogens is 224 g/mol. The first-order chi connectivity index (χ1) is 8.92. The van der Waals surface area contributed by atoms with Crippen LogP contribution in [-0.2, 0) is 11.2 Å². The number of fused-ring (bicyclic) bond motifs is 1. The van der Waals surface area contributed by atoms with E-state index in [0.29, 0.717) is 0 Å². The molecule has 0 fully saturated rings. The quantitative estimate of drug-likeness (QED) is 0.713. The first-order valence-electron chi connectivity index (χ1n) is 7.03. The molecule has 3 nitrogen and oxygen atoms in total. The van der Waals surface area contributed by atoms with E-state index in [4.69, 9.17) is 4.74 Å². The Kier molecular flexibility index (Phi) is 5.49. The minimum atomic E-state index is 0.824. The van der Waals surface area contributed by atoms with E-state index in [-0.39, 0.29) is 0 Å². The number of hydrogen-bond donors (Lipinski definition) is 1. The Balaban J connectivity index is 1.61. The van der Waals surface area contributed by atoms with Crippen molar-refractivity contribution in [3.63, 3.8) is 0 Å². The summed E-state index contributed by atoms with van der Waals surface area (Å²) in [6.07, 6.45) is 2.30. The van der Waals surface area contributed by atoms with Crippen molar-refractivity contribution in [3.05, 3.63) is 29.8 Å². The van der Waals surface area contributed by atoms with Gasteiger partial charge in [0.25, 0.3) is 0 Å². The second-order valence-corrected chi connectivity index (χ2v) is 4.67. The number of ether oxygens (including phenoxy) is 1. The molecule has 1 aliphatic rings. The van der Waals surface area contributed by atoms with Crippen LogP contribution in [0.1, 0.15) is 18.9 Å². The molecule has 0 radical (unpaired) electrons. The van der Waals surface area contributed by atoms with Crippen LogP contribution in [0.2, 0.25) is 0 Å². The molecule has 1 N–H and O–H groups in total. The molecular formula is C15H24N2O. The number of nitrogens with zero attached hydrogens (tertiary/aromatic N) is 1. The molecule has 1 aromatic carbocycles. The number of rotatable bonds is 8. The third-order valence-corrected chi connectivity index (χ3v) is 3.39. The molecule has 1 heterocycles. The fourth-order valence-electron chi connectivity index (χ4n) is 2.42. The van der Waals surface area contributed by atoms with Crippen molar-refractivity contribution < 1.29 is 4.74 Å². The van der Waals surface area contributed by atoms with Gasteiger partial charge in [-0.15, -0.1) is 0 Å². The lowest BCUT2D eigenvalue weighted by Gasteiger charge is -2.19. The molecule has 0 unspecified atom stereocenters. The Labute approximate surface area is 110 Å². The Morgan fingerprint density at radius 1 is 1.28 bits per heavy atom. The highest BCUT2D eigenvalue weighted by Gasteiger charge is 2.16. The summed E-state index contributed by atoms with van der Waals surface area (Å²) in [5.41, 5.74) is 2.92. The van der Waals surface area contributed by atoms with Gasteiger partial charge in [-0.3, -0.25) is 0 Å². The molecule has 18 heavy (non-hydrogen) atoms. The van der Waals surface area contributed by atoms with Gasteiger partial charge >= 0.3 is 0 Å². The van der Waals surface area contributed by atoms with Crippen LogP contribution in [0.15, 0.2) is 24.3 Å². The predicted molar refractivity (Wildman–Crippen MR) is 76.3 cm³/mol. The van der Waals surface area contributed by atoms with E-state index in [2.05, 4.69) is 34.5 Å². The molecule has 1 aromatic rings. The second kappa shape index (κ2) is 7.39.